The Morgan fingerprint density at radius 2 is 1.88 bits per heavy atom. The minimum absolute atomic E-state index is 0. The van der Waals surface area contributed by atoms with Gasteiger partial charge in [-0.15, -0.1) is 24.0 Å². The van der Waals surface area contributed by atoms with Crippen molar-refractivity contribution in [3.05, 3.63) is 34.8 Å². The number of aliphatic imine (C=N–C) groups is 1. The van der Waals surface area contributed by atoms with Gasteiger partial charge in [0, 0.05) is 37.3 Å². The summed E-state index contributed by atoms with van der Waals surface area (Å²) in [5, 5.41) is 11.0. The van der Waals surface area contributed by atoms with Crippen molar-refractivity contribution < 1.29 is 4.42 Å². The van der Waals surface area contributed by atoms with Crippen molar-refractivity contribution in [3.63, 3.8) is 0 Å². The summed E-state index contributed by atoms with van der Waals surface area (Å²) in [6.07, 6.45) is 1.79. The first-order valence-electron chi connectivity index (χ1n) is 8.11. The van der Waals surface area contributed by atoms with Gasteiger partial charge in [0.1, 0.15) is 5.76 Å². The molecule has 0 unspecified atom stereocenters. The molecular weight excluding hydrogens is 431 g/mol. The molecule has 25 heavy (non-hydrogen) atoms. The van der Waals surface area contributed by atoms with E-state index < -0.39 is 0 Å². The molecule has 0 aliphatic rings. The van der Waals surface area contributed by atoms with Crippen molar-refractivity contribution in [2.75, 3.05) is 7.05 Å². The van der Waals surface area contributed by atoms with E-state index >= 15 is 0 Å². The van der Waals surface area contributed by atoms with E-state index in [1.807, 2.05) is 18.7 Å². The summed E-state index contributed by atoms with van der Waals surface area (Å²) in [6, 6.07) is 0. The maximum Gasteiger partial charge on any atom is 0.213 e. The maximum absolute atomic E-state index is 5.78. The standard InChI is InChI=1S/C17H28N6O.HI/c1-11-13(12(2)23(7)22-11)8-20-16(18-6)21-10-15-19-9-14(24-15)17(3,4)5;/h9H,8,10H2,1-7H3,(H2,18,20,21);1H. The summed E-state index contributed by atoms with van der Waals surface area (Å²) in [6.45, 7) is 11.5. The lowest BCUT2D eigenvalue weighted by Gasteiger charge is -2.13. The minimum atomic E-state index is -0.0411. The molecule has 0 fully saturated rings. The van der Waals surface area contributed by atoms with E-state index in [9.17, 15) is 0 Å². The van der Waals surface area contributed by atoms with E-state index in [1.165, 1.54) is 5.56 Å². The highest BCUT2D eigenvalue weighted by Gasteiger charge is 2.19. The highest BCUT2D eigenvalue weighted by molar-refractivity contribution is 14.0. The fraction of sp³-hybridized carbons (Fsp3) is 0.588. The highest BCUT2D eigenvalue weighted by Crippen LogP contribution is 2.22. The van der Waals surface area contributed by atoms with Crippen LogP contribution in [0.3, 0.4) is 0 Å². The predicted octanol–water partition coefficient (Wildman–Crippen LogP) is 2.81. The van der Waals surface area contributed by atoms with Gasteiger partial charge in [-0.2, -0.15) is 5.10 Å². The first kappa shape index (κ1) is 21.5. The number of hydrogen-bond acceptors (Lipinski definition) is 4. The highest BCUT2D eigenvalue weighted by atomic mass is 127. The molecule has 8 heteroatoms. The molecule has 2 N–H and O–H groups in total. The van der Waals surface area contributed by atoms with Gasteiger partial charge >= 0.3 is 0 Å². The molecule has 0 atom stereocenters. The third kappa shape index (κ3) is 5.45. The second-order valence-electron chi connectivity index (χ2n) is 6.92. The zero-order valence-electron chi connectivity index (χ0n) is 16.1. The van der Waals surface area contributed by atoms with Gasteiger partial charge < -0.3 is 15.1 Å². The zero-order valence-corrected chi connectivity index (χ0v) is 18.4. The van der Waals surface area contributed by atoms with Crippen LogP contribution in [0.1, 0.15) is 49.4 Å². The number of oxazole rings is 1. The van der Waals surface area contributed by atoms with Gasteiger partial charge in [0.2, 0.25) is 5.89 Å². The maximum atomic E-state index is 5.78. The number of hydrogen-bond donors (Lipinski definition) is 2. The Morgan fingerprint density at radius 1 is 1.24 bits per heavy atom. The van der Waals surface area contributed by atoms with Crippen LogP contribution in [0.2, 0.25) is 0 Å². The molecule has 0 amide bonds. The van der Waals surface area contributed by atoms with E-state index in [1.54, 1.807) is 13.2 Å². The molecule has 0 saturated carbocycles. The number of halogens is 1. The molecule has 0 aliphatic carbocycles. The van der Waals surface area contributed by atoms with Crippen LogP contribution in [-0.2, 0) is 25.6 Å². The van der Waals surface area contributed by atoms with Crippen LogP contribution in [0, 0.1) is 13.8 Å². The summed E-state index contributed by atoms with van der Waals surface area (Å²) in [5.74, 6) is 2.23. The topological polar surface area (TPSA) is 80.3 Å². The molecule has 7 nitrogen and oxygen atoms in total. The number of nitrogens with zero attached hydrogens (tertiary/aromatic N) is 4. The van der Waals surface area contributed by atoms with Crippen LogP contribution in [-0.4, -0.2) is 27.8 Å². The Balaban J connectivity index is 0.00000312. The third-order valence-corrected chi connectivity index (χ3v) is 4.01. The molecule has 0 aliphatic heterocycles. The quantitative estimate of drug-likeness (QED) is 0.417. The number of aryl methyl sites for hydroxylation is 2. The van der Waals surface area contributed by atoms with Crippen LogP contribution in [0.25, 0.3) is 0 Å². The first-order valence-corrected chi connectivity index (χ1v) is 8.11. The van der Waals surface area contributed by atoms with Gasteiger partial charge in [-0.3, -0.25) is 9.67 Å². The van der Waals surface area contributed by atoms with Crippen molar-refractivity contribution in [2.45, 2.75) is 53.1 Å². The van der Waals surface area contributed by atoms with Crippen LogP contribution < -0.4 is 10.6 Å². The van der Waals surface area contributed by atoms with Crippen molar-refractivity contribution >= 4 is 29.9 Å². The Hall–Kier alpha value is -1.58. The van der Waals surface area contributed by atoms with Gasteiger partial charge in [0.15, 0.2) is 5.96 Å². The van der Waals surface area contributed by atoms with Crippen LogP contribution in [0.4, 0.5) is 0 Å². The Morgan fingerprint density at radius 3 is 2.36 bits per heavy atom. The predicted molar refractivity (Wildman–Crippen MR) is 110 cm³/mol. The number of guanidine groups is 1. The van der Waals surface area contributed by atoms with Gasteiger partial charge in [-0.25, -0.2) is 4.98 Å². The summed E-state index contributed by atoms with van der Waals surface area (Å²) in [7, 11) is 3.70. The van der Waals surface area contributed by atoms with Gasteiger partial charge in [-0.05, 0) is 13.8 Å². The van der Waals surface area contributed by atoms with Gasteiger partial charge in [0.05, 0.1) is 18.4 Å². The molecule has 0 aromatic carbocycles. The van der Waals surface area contributed by atoms with Crippen LogP contribution in [0.5, 0.6) is 0 Å². The van der Waals surface area contributed by atoms with Crippen LogP contribution >= 0.6 is 24.0 Å². The fourth-order valence-corrected chi connectivity index (χ4v) is 2.36. The molecule has 2 rings (SSSR count). The first-order chi connectivity index (χ1) is 11.2. The number of aromatic nitrogens is 3. The molecule has 140 valence electrons. The van der Waals surface area contributed by atoms with E-state index in [-0.39, 0.29) is 29.4 Å². The normalized spacial score (nSPS) is 12.0. The molecule has 2 heterocycles. The lowest BCUT2D eigenvalue weighted by molar-refractivity contribution is 0.379. The molecule has 0 bridgehead atoms. The van der Waals surface area contributed by atoms with E-state index in [0.717, 1.165) is 17.1 Å². The smallest absolute Gasteiger partial charge is 0.213 e. The average molecular weight is 460 g/mol. The Labute approximate surface area is 166 Å². The van der Waals surface area contributed by atoms with Gasteiger partial charge in [0.25, 0.3) is 0 Å². The average Bonchev–Trinajstić information content (AvgIpc) is 3.07. The molecule has 0 radical (unpaired) electrons. The Bertz CT molecular complexity index is 726. The lowest BCUT2D eigenvalue weighted by atomic mass is 9.94. The van der Waals surface area contributed by atoms with Crippen molar-refractivity contribution in [1.29, 1.82) is 0 Å². The van der Waals surface area contributed by atoms with Crippen molar-refractivity contribution in [1.82, 2.24) is 25.4 Å². The van der Waals surface area contributed by atoms with Crippen LogP contribution in [0.15, 0.2) is 15.6 Å². The van der Waals surface area contributed by atoms with E-state index in [2.05, 4.69) is 53.4 Å². The van der Waals surface area contributed by atoms with Gasteiger partial charge in [-0.1, -0.05) is 20.8 Å². The molecule has 2 aromatic heterocycles. The fourth-order valence-electron chi connectivity index (χ4n) is 2.36. The largest absolute Gasteiger partial charge is 0.443 e. The molecule has 0 saturated heterocycles. The third-order valence-electron chi connectivity index (χ3n) is 4.01. The second-order valence-corrected chi connectivity index (χ2v) is 6.92. The number of nitrogens with one attached hydrogen (secondary N) is 2. The summed E-state index contributed by atoms with van der Waals surface area (Å²) in [4.78, 5) is 8.55. The lowest BCUT2D eigenvalue weighted by Crippen LogP contribution is -2.36. The van der Waals surface area contributed by atoms with E-state index in [0.29, 0.717) is 24.9 Å². The minimum Gasteiger partial charge on any atom is -0.443 e. The van der Waals surface area contributed by atoms with Crippen molar-refractivity contribution in [3.8, 4) is 0 Å². The monoisotopic (exact) mass is 460 g/mol. The zero-order chi connectivity index (χ0) is 17.9. The SMILES string of the molecule is CN=C(NCc1ncc(C(C)(C)C)o1)NCc1c(C)nn(C)c1C.I. The second kappa shape index (κ2) is 8.68. The molecular formula is C17H29IN6O. The summed E-state index contributed by atoms with van der Waals surface area (Å²) in [5.41, 5.74) is 3.32. The molecule has 2 aromatic rings. The number of rotatable bonds is 4. The van der Waals surface area contributed by atoms with Crippen molar-refractivity contribution in [2.24, 2.45) is 12.0 Å². The summed E-state index contributed by atoms with van der Waals surface area (Å²) >= 11 is 0. The summed E-state index contributed by atoms with van der Waals surface area (Å²) < 4.78 is 7.67. The molecule has 0 spiro atoms. The Kier molecular flexibility index (Phi) is 7.45. The van der Waals surface area contributed by atoms with E-state index in [4.69, 9.17) is 4.42 Å².